The second kappa shape index (κ2) is 4.74. The highest BCUT2D eigenvalue weighted by Gasteiger charge is 2.12. The van der Waals surface area contributed by atoms with Gasteiger partial charge in [-0.2, -0.15) is 0 Å². The number of sulfone groups is 1. The molecule has 0 amide bonds. The Morgan fingerprint density at radius 1 is 1.39 bits per heavy atom. The van der Waals surface area contributed by atoms with Crippen molar-refractivity contribution in [1.29, 1.82) is 0 Å². The highest BCUT2D eigenvalue weighted by atomic mass is 32.2. The first-order valence-corrected chi connectivity index (χ1v) is 7.72. The van der Waals surface area contributed by atoms with Crippen molar-refractivity contribution in [2.75, 3.05) is 12.9 Å². The fourth-order valence-electron chi connectivity index (χ4n) is 2.00. The Labute approximate surface area is 107 Å². The van der Waals surface area contributed by atoms with E-state index in [0.717, 1.165) is 22.9 Å². The topological polar surface area (TPSA) is 70.2 Å². The van der Waals surface area contributed by atoms with E-state index in [9.17, 15) is 8.42 Å². The molecule has 1 aromatic heterocycles. The van der Waals surface area contributed by atoms with Crippen LogP contribution < -0.4 is 0 Å². The van der Waals surface area contributed by atoms with Crippen LogP contribution in [-0.4, -0.2) is 31.4 Å². The zero-order valence-electron chi connectivity index (χ0n) is 10.5. The maximum absolute atomic E-state index is 11.5. The Balaban J connectivity index is 2.50. The molecular formula is C13H17NO3S. The van der Waals surface area contributed by atoms with Gasteiger partial charge in [-0.1, -0.05) is 6.92 Å². The fourth-order valence-corrected chi connectivity index (χ4v) is 2.64. The predicted molar refractivity (Wildman–Crippen MR) is 71.4 cm³/mol. The summed E-state index contributed by atoms with van der Waals surface area (Å²) >= 11 is 0. The van der Waals surface area contributed by atoms with Gasteiger partial charge in [-0.05, 0) is 36.1 Å². The molecule has 0 aliphatic carbocycles. The summed E-state index contributed by atoms with van der Waals surface area (Å²) in [6.45, 7) is 2.08. The molecule has 98 valence electrons. The van der Waals surface area contributed by atoms with E-state index in [1.807, 2.05) is 13.1 Å². The highest BCUT2D eigenvalue weighted by molar-refractivity contribution is 7.90. The standard InChI is InChI=1S/C13H17NO3S/c1-9(8-15)5-10-7-14-13-4-3-11(6-12(10)13)18(2,16)17/h3-4,6-7,9,14-15H,5,8H2,1-2H3. The van der Waals surface area contributed by atoms with Gasteiger partial charge in [0.25, 0.3) is 0 Å². The van der Waals surface area contributed by atoms with Gasteiger partial charge in [0, 0.05) is 30.0 Å². The van der Waals surface area contributed by atoms with E-state index in [2.05, 4.69) is 4.98 Å². The van der Waals surface area contributed by atoms with Crippen LogP contribution in [0.15, 0.2) is 29.3 Å². The van der Waals surface area contributed by atoms with Crippen LogP contribution in [0.5, 0.6) is 0 Å². The van der Waals surface area contributed by atoms with Gasteiger partial charge in [-0.15, -0.1) is 0 Å². The molecule has 0 saturated carbocycles. The van der Waals surface area contributed by atoms with Gasteiger partial charge in [-0.25, -0.2) is 8.42 Å². The molecule has 5 heteroatoms. The average molecular weight is 267 g/mol. The maximum Gasteiger partial charge on any atom is 0.175 e. The van der Waals surface area contributed by atoms with Crippen molar-refractivity contribution in [2.24, 2.45) is 5.92 Å². The number of nitrogens with one attached hydrogen (secondary N) is 1. The monoisotopic (exact) mass is 267 g/mol. The molecule has 4 nitrogen and oxygen atoms in total. The molecule has 0 aliphatic heterocycles. The normalized spacial score (nSPS) is 13.9. The summed E-state index contributed by atoms with van der Waals surface area (Å²) in [6.07, 6.45) is 3.81. The first kappa shape index (κ1) is 13.1. The summed E-state index contributed by atoms with van der Waals surface area (Å²) in [7, 11) is -3.19. The molecule has 2 N–H and O–H groups in total. The number of aliphatic hydroxyl groups excluding tert-OH is 1. The number of aliphatic hydroxyl groups is 1. The minimum atomic E-state index is -3.19. The number of aromatic amines is 1. The molecule has 0 radical (unpaired) electrons. The summed E-state index contributed by atoms with van der Waals surface area (Å²) in [5, 5.41) is 10.00. The van der Waals surface area contributed by atoms with Gasteiger partial charge >= 0.3 is 0 Å². The number of hydrogen-bond acceptors (Lipinski definition) is 3. The van der Waals surface area contributed by atoms with Crippen molar-refractivity contribution in [1.82, 2.24) is 4.98 Å². The van der Waals surface area contributed by atoms with Crippen LogP contribution in [0.3, 0.4) is 0 Å². The van der Waals surface area contributed by atoms with Crippen molar-refractivity contribution in [3.63, 3.8) is 0 Å². The van der Waals surface area contributed by atoms with E-state index in [1.165, 1.54) is 6.26 Å². The number of benzene rings is 1. The van der Waals surface area contributed by atoms with Crippen molar-refractivity contribution in [3.8, 4) is 0 Å². The molecule has 1 aromatic carbocycles. The lowest BCUT2D eigenvalue weighted by molar-refractivity contribution is 0.237. The van der Waals surface area contributed by atoms with E-state index in [0.29, 0.717) is 4.90 Å². The first-order valence-electron chi connectivity index (χ1n) is 5.82. The van der Waals surface area contributed by atoms with Gasteiger partial charge in [0.05, 0.1) is 4.90 Å². The third-order valence-corrected chi connectivity index (χ3v) is 4.16. The largest absolute Gasteiger partial charge is 0.396 e. The first-order chi connectivity index (χ1) is 8.41. The van der Waals surface area contributed by atoms with Crippen LogP contribution in [0.1, 0.15) is 12.5 Å². The molecule has 0 bridgehead atoms. The molecule has 2 rings (SSSR count). The quantitative estimate of drug-likeness (QED) is 0.886. The Morgan fingerprint density at radius 2 is 2.11 bits per heavy atom. The third-order valence-electron chi connectivity index (χ3n) is 3.05. The van der Waals surface area contributed by atoms with Gasteiger partial charge < -0.3 is 10.1 Å². The molecule has 1 unspecified atom stereocenters. The maximum atomic E-state index is 11.5. The van der Waals surface area contributed by atoms with Crippen molar-refractivity contribution in [3.05, 3.63) is 30.0 Å². The van der Waals surface area contributed by atoms with E-state index < -0.39 is 9.84 Å². The van der Waals surface area contributed by atoms with Crippen molar-refractivity contribution < 1.29 is 13.5 Å². The smallest absolute Gasteiger partial charge is 0.175 e. The van der Waals surface area contributed by atoms with Gasteiger partial charge in [0.15, 0.2) is 9.84 Å². The minimum absolute atomic E-state index is 0.123. The molecule has 0 saturated heterocycles. The molecule has 1 heterocycles. The lowest BCUT2D eigenvalue weighted by Crippen LogP contribution is -2.04. The average Bonchev–Trinajstić information content (AvgIpc) is 2.70. The Hall–Kier alpha value is -1.33. The Bertz CT molecular complexity index is 658. The second-order valence-corrected chi connectivity index (χ2v) is 6.80. The summed E-state index contributed by atoms with van der Waals surface area (Å²) < 4.78 is 23.1. The minimum Gasteiger partial charge on any atom is -0.396 e. The van der Waals surface area contributed by atoms with E-state index in [1.54, 1.807) is 18.2 Å². The molecular weight excluding hydrogens is 250 g/mol. The fraction of sp³-hybridized carbons (Fsp3) is 0.385. The van der Waals surface area contributed by atoms with Gasteiger partial charge in [0.2, 0.25) is 0 Å². The number of H-pyrrole nitrogens is 1. The summed E-state index contributed by atoms with van der Waals surface area (Å²) in [4.78, 5) is 3.45. The highest BCUT2D eigenvalue weighted by Crippen LogP contribution is 2.24. The van der Waals surface area contributed by atoms with Crippen LogP contribution >= 0.6 is 0 Å². The zero-order chi connectivity index (χ0) is 13.3. The summed E-state index contributed by atoms with van der Waals surface area (Å²) in [6, 6.07) is 5.08. The van der Waals surface area contributed by atoms with Crippen molar-refractivity contribution in [2.45, 2.75) is 18.2 Å². The van der Waals surface area contributed by atoms with E-state index in [4.69, 9.17) is 5.11 Å². The van der Waals surface area contributed by atoms with Crippen molar-refractivity contribution >= 4 is 20.7 Å². The zero-order valence-corrected chi connectivity index (χ0v) is 11.3. The van der Waals surface area contributed by atoms with E-state index in [-0.39, 0.29) is 12.5 Å². The lowest BCUT2D eigenvalue weighted by Gasteiger charge is -2.06. The SMILES string of the molecule is CC(CO)Cc1c[nH]c2ccc(S(C)(=O)=O)cc12. The predicted octanol–water partition coefficient (Wildman–Crippen LogP) is 1.74. The number of hydrogen-bond donors (Lipinski definition) is 2. The summed E-state index contributed by atoms with van der Waals surface area (Å²) in [5.74, 6) is 0.158. The van der Waals surface area contributed by atoms with Gasteiger partial charge in [-0.3, -0.25) is 0 Å². The number of fused-ring (bicyclic) bond motifs is 1. The Morgan fingerprint density at radius 3 is 2.72 bits per heavy atom. The van der Waals surface area contributed by atoms with Crippen LogP contribution in [0.2, 0.25) is 0 Å². The summed E-state index contributed by atoms with van der Waals surface area (Å²) in [5.41, 5.74) is 1.96. The molecule has 18 heavy (non-hydrogen) atoms. The lowest BCUT2D eigenvalue weighted by atomic mass is 10.0. The van der Waals surface area contributed by atoms with Crippen LogP contribution in [0, 0.1) is 5.92 Å². The Kier molecular flexibility index (Phi) is 3.45. The molecule has 0 aliphatic rings. The van der Waals surface area contributed by atoms with Crippen LogP contribution in [-0.2, 0) is 16.3 Å². The molecule has 2 aromatic rings. The number of aromatic nitrogens is 1. The molecule has 0 spiro atoms. The second-order valence-electron chi connectivity index (χ2n) is 4.79. The molecule has 0 fully saturated rings. The third kappa shape index (κ3) is 2.57. The van der Waals surface area contributed by atoms with Crippen LogP contribution in [0.25, 0.3) is 10.9 Å². The van der Waals surface area contributed by atoms with Crippen LogP contribution in [0.4, 0.5) is 0 Å². The van der Waals surface area contributed by atoms with E-state index >= 15 is 0 Å². The van der Waals surface area contributed by atoms with Gasteiger partial charge in [0.1, 0.15) is 0 Å². The number of rotatable bonds is 4. The molecule has 1 atom stereocenters.